The van der Waals surface area contributed by atoms with E-state index in [2.05, 4.69) is 4.98 Å². The lowest BCUT2D eigenvalue weighted by molar-refractivity contribution is 0.0697. The van der Waals surface area contributed by atoms with Crippen molar-refractivity contribution in [1.29, 1.82) is 0 Å². The van der Waals surface area contributed by atoms with E-state index in [0.29, 0.717) is 11.5 Å². The number of aromatic nitrogens is 2. The molecule has 0 unspecified atom stereocenters. The Kier molecular flexibility index (Phi) is 7.15. The van der Waals surface area contributed by atoms with E-state index in [0.717, 1.165) is 28.8 Å². The van der Waals surface area contributed by atoms with Gasteiger partial charge in [0.05, 0.1) is 16.2 Å². The summed E-state index contributed by atoms with van der Waals surface area (Å²) in [5.74, 6) is -2.07. The highest BCUT2D eigenvalue weighted by molar-refractivity contribution is 7.90. The second-order valence-electron chi connectivity index (χ2n) is 9.09. The molecule has 40 heavy (non-hydrogen) atoms. The van der Waals surface area contributed by atoms with Crippen molar-refractivity contribution in [2.24, 2.45) is 0 Å². The van der Waals surface area contributed by atoms with Gasteiger partial charge in [-0.2, -0.15) is 0 Å². The molecule has 0 saturated heterocycles. The molecule has 0 aliphatic heterocycles. The Balaban J connectivity index is 1.49. The van der Waals surface area contributed by atoms with Crippen LogP contribution < -0.4 is 0 Å². The fourth-order valence-corrected chi connectivity index (χ4v) is 4.84. The van der Waals surface area contributed by atoms with Crippen LogP contribution in [0, 0.1) is 11.6 Å². The number of imidazole rings is 1. The molecule has 0 bridgehead atoms. The summed E-state index contributed by atoms with van der Waals surface area (Å²) in [5, 5.41) is 9.23. The molecule has 0 radical (unpaired) electrons. The Labute approximate surface area is 229 Å². The van der Waals surface area contributed by atoms with Crippen molar-refractivity contribution in [2.75, 3.05) is 6.26 Å². The molecule has 0 aliphatic carbocycles. The lowest BCUT2D eigenvalue weighted by atomic mass is 10.0. The highest BCUT2D eigenvalue weighted by Gasteiger charge is 2.14. The van der Waals surface area contributed by atoms with Crippen molar-refractivity contribution in [2.45, 2.75) is 4.90 Å². The summed E-state index contributed by atoms with van der Waals surface area (Å²) in [4.78, 5) is 16.1. The van der Waals surface area contributed by atoms with Gasteiger partial charge in [0.1, 0.15) is 17.5 Å². The zero-order valence-corrected chi connectivity index (χ0v) is 21.9. The third kappa shape index (κ3) is 5.74. The first kappa shape index (κ1) is 26.7. The minimum atomic E-state index is -3.33. The Hall–Kier alpha value is -4.89. The van der Waals surface area contributed by atoms with Gasteiger partial charge in [0.25, 0.3) is 0 Å². The van der Waals surface area contributed by atoms with Crippen LogP contribution in [0.5, 0.6) is 0 Å². The van der Waals surface area contributed by atoms with Crippen LogP contribution in [0.1, 0.15) is 21.7 Å². The summed E-state index contributed by atoms with van der Waals surface area (Å²) in [5.41, 5.74) is 3.56. The number of rotatable bonds is 7. The predicted molar refractivity (Wildman–Crippen MR) is 150 cm³/mol. The summed E-state index contributed by atoms with van der Waals surface area (Å²) in [6.07, 6.45) is 6.31. The topological polar surface area (TPSA) is 89.3 Å². The monoisotopic (exact) mass is 556 g/mol. The van der Waals surface area contributed by atoms with E-state index in [1.165, 1.54) is 24.5 Å². The Morgan fingerprint density at radius 3 is 2.25 bits per heavy atom. The highest BCUT2D eigenvalue weighted by Crippen LogP contribution is 2.27. The molecule has 0 saturated carbocycles. The number of sulfone groups is 1. The van der Waals surface area contributed by atoms with E-state index >= 15 is 0 Å². The van der Waals surface area contributed by atoms with Gasteiger partial charge >= 0.3 is 5.97 Å². The summed E-state index contributed by atoms with van der Waals surface area (Å²) >= 11 is 0. The zero-order chi connectivity index (χ0) is 28.4. The average Bonchev–Trinajstić information content (AvgIpc) is 3.35. The van der Waals surface area contributed by atoms with Crippen LogP contribution >= 0.6 is 0 Å². The lowest BCUT2D eigenvalue weighted by Gasteiger charge is -2.06. The molecule has 4 aromatic carbocycles. The molecule has 1 aromatic heterocycles. The summed E-state index contributed by atoms with van der Waals surface area (Å²) in [6.45, 7) is 0. The number of carboxylic acid groups (broad SMARTS) is 1. The van der Waals surface area contributed by atoms with Gasteiger partial charge in [0, 0.05) is 29.8 Å². The van der Waals surface area contributed by atoms with E-state index in [1.54, 1.807) is 47.2 Å². The lowest BCUT2D eigenvalue weighted by Crippen LogP contribution is -1.99. The van der Waals surface area contributed by atoms with Crippen LogP contribution in [0.3, 0.4) is 0 Å². The minimum Gasteiger partial charge on any atom is -0.478 e. The third-order valence-electron chi connectivity index (χ3n) is 6.26. The molecular weight excluding hydrogens is 534 g/mol. The molecule has 1 N–H and O–H groups in total. The molecule has 0 atom stereocenters. The number of halogens is 2. The van der Waals surface area contributed by atoms with Gasteiger partial charge in [-0.25, -0.2) is 27.0 Å². The van der Waals surface area contributed by atoms with Crippen LogP contribution in [0.2, 0.25) is 0 Å². The molecular formula is C31H22F2N2O4S. The maximum absolute atomic E-state index is 14.5. The summed E-state index contributed by atoms with van der Waals surface area (Å²) in [7, 11) is -3.33. The summed E-state index contributed by atoms with van der Waals surface area (Å²) in [6, 6.07) is 23.6. The molecule has 0 amide bonds. The number of benzene rings is 4. The van der Waals surface area contributed by atoms with Gasteiger partial charge in [0.15, 0.2) is 9.84 Å². The predicted octanol–water partition coefficient (Wildman–Crippen LogP) is 6.76. The number of carboxylic acids is 1. The third-order valence-corrected chi connectivity index (χ3v) is 7.37. The minimum absolute atomic E-state index is 0.118. The average molecular weight is 557 g/mol. The van der Waals surface area contributed by atoms with Gasteiger partial charge in [-0.05, 0) is 71.3 Å². The second kappa shape index (κ2) is 10.7. The van der Waals surface area contributed by atoms with Crippen LogP contribution in [0.4, 0.5) is 8.78 Å². The quantitative estimate of drug-likeness (QED) is 0.239. The van der Waals surface area contributed by atoms with E-state index in [1.807, 2.05) is 36.4 Å². The number of carbonyl (C=O) groups is 1. The molecule has 0 fully saturated rings. The first-order chi connectivity index (χ1) is 19.1. The van der Waals surface area contributed by atoms with E-state index in [4.69, 9.17) is 0 Å². The van der Waals surface area contributed by atoms with Crippen molar-refractivity contribution >= 4 is 28.0 Å². The SMILES string of the molecule is CS(=O)(=O)c1cccc(-c2ccc(C=Cc3nc(-c4ccc(F)cc4F)cn3-c3ccc(C(=O)O)cc3)cc2)c1. The molecule has 6 nitrogen and oxygen atoms in total. The van der Waals surface area contributed by atoms with Crippen molar-refractivity contribution in [3.63, 3.8) is 0 Å². The van der Waals surface area contributed by atoms with Crippen molar-refractivity contribution in [3.8, 4) is 28.1 Å². The van der Waals surface area contributed by atoms with E-state index in [9.17, 15) is 27.1 Å². The fraction of sp³-hybridized carbons (Fsp3) is 0.0323. The van der Waals surface area contributed by atoms with Crippen molar-refractivity contribution in [3.05, 3.63) is 126 Å². The van der Waals surface area contributed by atoms with E-state index < -0.39 is 27.4 Å². The Bertz CT molecular complexity index is 1860. The van der Waals surface area contributed by atoms with Crippen LogP contribution in [-0.2, 0) is 9.84 Å². The molecule has 9 heteroatoms. The van der Waals surface area contributed by atoms with Crippen molar-refractivity contribution in [1.82, 2.24) is 9.55 Å². The normalized spacial score (nSPS) is 11.7. The molecule has 200 valence electrons. The molecule has 5 aromatic rings. The van der Waals surface area contributed by atoms with Gasteiger partial charge in [-0.1, -0.05) is 42.5 Å². The number of aromatic carboxylic acids is 1. The number of nitrogens with zero attached hydrogens (tertiary/aromatic N) is 2. The maximum Gasteiger partial charge on any atom is 0.335 e. The maximum atomic E-state index is 14.5. The van der Waals surface area contributed by atoms with Gasteiger partial charge in [-0.3, -0.25) is 4.57 Å². The largest absolute Gasteiger partial charge is 0.478 e. The van der Waals surface area contributed by atoms with Crippen molar-refractivity contribution < 1.29 is 27.1 Å². The van der Waals surface area contributed by atoms with Gasteiger partial charge < -0.3 is 5.11 Å². The smallest absolute Gasteiger partial charge is 0.335 e. The summed E-state index contributed by atoms with van der Waals surface area (Å²) < 4.78 is 53.5. The highest BCUT2D eigenvalue weighted by atomic mass is 32.2. The number of hydrogen-bond acceptors (Lipinski definition) is 4. The Morgan fingerprint density at radius 2 is 1.60 bits per heavy atom. The van der Waals surface area contributed by atoms with E-state index in [-0.39, 0.29) is 21.7 Å². The number of hydrogen-bond donors (Lipinski definition) is 1. The van der Waals surface area contributed by atoms with Gasteiger partial charge in [0.2, 0.25) is 0 Å². The first-order valence-electron chi connectivity index (χ1n) is 12.1. The zero-order valence-electron chi connectivity index (χ0n) is 21.1. The standard InChI is InChI=1S/C31H22F2N2O4S/c1-40(38,39)26-4-2-3-23(17-26)21-8-5-20(6-9-21)7-16-30-34-29(27-15-12-24(32)18-28(27)33)19-35(30)25-13-10-22(11-14-25)31(36)37/h2-19H,1H3,(H,36,37). The molecule has 1 heterocycles. The van der Waals surface area contributed by atoms with Crippen LogP contribution in [-0.4, -0.2) is 35.3 Å². The molecule has 5 rings (SSSR count). The molecule has 0 aliphatic rings. The Morgan fingerprint density at radius 1 is 0.875 bits per heavy atom. The van der Waals surface area contributed by atoms with Crippen LogP contribution in [0.25, 0.3) is 40.2 Å². The second-order valence-corrected chi connectivity index (χ2v) is 11.1. The molecule has 0 spiro atoms. The van der Waals surface area contributed by atoms with Gasteiger partial charge in [-0.15, -0.1) is 0 Å². The first-order valence-corrected chi connectivity index (χ1v) is 13.9. The van der Waals surface area contributed by atoms with Crippen LogP contribution in [0.15, 0.2) is 102 Å². The fourth-order valence-electron chi connectivity index (χ4n) is 4.17.